The quantitative estimate of drug-likeness (QED) is 0.672. The van der Waals surface area contributed by atoms with Crippen molar-refractivity contribution < 1.29 is 4.39 Å². The predicted molar refractivity (Wildman–Crippen MR) is 94.8 cm³/mol. The van der Waals surface area contributed by atoms with Gasteiger partial charge in [-0.3, -0.25) is 0 Å². The maximum absolute atomic E-state index is 13.1. The minimum absolute atomic E-state index is 0.316. The smallest absolute Gasteiger partial charge is 0.181 e. The van der Waals surface area contributed by atoms with Gasteiger partial charge in [0.2, 0.25) is 0 Å². The first-order chi connectivity index (χ1) is 12.1. The van der Waals surface area contributed by atoms with E-state index in [0.29, 0.717) is 40.6 Å². The Labute approximate surface area is 149 Å². The highest BCUT2D eigenvalue weighted by atomic mass is 35.5. The second-order valence-corrected chi connectivity index (χ2v) is 5.98. The summed E-state index contributed by atoms with van der Waals surface area (Å²) in [6.45, 7) is 3.70. The summed E-state index contributed by atoms with van der Waals surface area (Å²) < 4.78 is 14.8. The highest BCUT2D eigenvalue weighted by Gasteiger charge is 2.14. The number of halogens is 2. The van der Waals surface area contributed by atoms with Crippen LogP contribution in [0.2, 0.25) is 0 Å². The number of benzene rings is 2. The summed E-state index contributed by atoms with van der Waals surface area (Å²) in [5.41, 5.74) is 1.97. The fourth-order valence-corrected chi connectivity index (χ4v) is 2.48. The van der Waals surface area contributed by atoms with Gasteiger partial charge >= 0.3 is 0 Å². The number of aromatic nitrogens is 3. The van der Waals surface area contributed by atoms with Crippen LogP contribution in [-0.2, 0) is 6.42 Å². The van der Waals surface area contributed by atoms with Crippen LogP contribution in [0, 0.1) is 17.1 Å². The van der Waals surface area contributed by atoms with E-state index in [1.54, 1.807) is 35.0 Å². The monoisotopic (exact) mass is 352 g/mol. The van der Waals surface area contributed by atoms with Crippen molar-refractivity contribution >= 4 is 11.6 Å². The van der Waals surface area contributed by atoms with Gasteiger partial charge in [0.1, 0.15) is 11.6 Å². The molecule has 0 bridgehead atoms. The van der Waals surface area contributed by atoms with Gasteiger partial charge in [-0.15, -0.1) is 5.10 Å². The fourth-order valence-electron chi connectivity index (χ4n) is 2.39. The lowest BCUT2D eigenvalue weighted by atomic mass is 10.2. The summed E-state index contributed by atoms with van der Waals surface area (Å²) in [6.07, 6.45) is 1.11. The third-order valence-electron chi connectivity index (χ3n) is 3.62. The van der Waals surface area contributed by atoms with E-state index in [0.717, 1.165) is 5.69 Å². The van der Waals surface area contributed by atoms with E-state index in [1.165, 1.54) is 12.1 Å². The lowest BCUT2D eigenvalue weighted by Crippen LogP contribution is -2.03. The van der Waals surface area contributed by atoms with Crippen LogP contribution in [-0.4, -0.2) is 14.8 Å². The van der Waals surface area contributed by atoms with Crippen molar-refractivity contribution in [2.24, 2.45) is 0 Å². The topological polar surface area (TPSA) is 54.5 Å². The molecule has 2 aromatic carbocycles. The zero-order chi connectivity index (χ0) is 17.8. The van der Waals surface area contributed by atoms with Crippen molar-refractivity contribution in [2.45, 2.75) is 12.8 Å². The predicted octanol–water partition coefficient (Wildman–Crippen LogP) is 4.63. The van der Waals surface area contributed by atoms with E-state index in [2.05, 4.69) is 22.7 Å². The minimum Gasteiger partial charge on any atom is -0.217 e. The third kappa shape index (κ3) is 3.93. The summed E-state index contributed by atoms with van der Waals surface area (Å²) in [5, 5.41) is 14.2. The lowest BCUT2D eigenvalue weighted by Gasteiger charge is -2.05. The maximum Gasteiger partial charge on any atom is 0.181 e. The first-order valence-electron chi connectivity index (χ1n) is 7.62. The van der Waals surface area contributed by atoms with Crippen molar-refractivity contribution in [3.8, 4) is 23.1 Å². The molecule has 0 saturated carbocycles. The van der Waals surface area contributed by atoms with E-state index in [4.69, 9.17) is 16.9 Å². The van der Waals surface area contributed by atoms with Gasteiger partial charge in [0.05, 0.1) is 17.3 Å². The van der Waals surface area contributed by atoms with Gasteiger partial charge in [0.25, 0.3) is 0 Å². The molecule has 1 heterocycles. The second-order valence-electron chi connectivity index (χ2n) is 5.45. The summed E-state index contributed by atoms with van der Waals surface area (Å²) in [4.78, 5) is 4.56. The van der Waals surface area contributed by atoms with Crippen molar-refractivity contribution in [1.29, 1.82) is 5.26 Å². The van der Waals surface area contributed by atoms with E-state index < -0.39 is 0 Å². The number of rotatable bonds is 5. The molecule has 0 spiro atoms. The molecule has 3 aromatic rings. The highest BCUT2D eigenvalue weighted by molar-refractivity contribution is 6.29. The molecular formula is C19H14ClFN4. The number of hydrogen-bond donors (Lipinski definition) is 0. The molecule has 0 unspecified atom stereocenters. The molecule has 0 atom stereocenters. The zero-order valence-electron chi connectivity index (χ0n) is 13.3. The van der Waals surface area contributed by atoms with Crippen LogP contribution in [0.5, 0.6) is 0 Å². The molecule has 124 valence electrons. The Morgan fingerprint density at radius 2 is 2.00 bits per heavy atom. The Balaban J connectivity index is 2.06. The summed E-state index contributed by atoms with van der Waals surface area (Å²) in [6, 6.07) is 15.2. The van der Waals surface area contributed by atoms with Crippen molar-refractivity contribution in [3.63, 3.8) is 0 Å². The van der Waals surface area contributed by atoms with Gasteiger partial charge < -0.3 is 0 Å². The normalized spacial score (nSPS) is 10.4. The van der Waals surface area contributed by atoms with Gasteiger partial charge in [-0.1, -0.05) is 24.2 Å². The molecule has 0 saturated heterocycles. The molecule has 0 amide bonds. The molecule has 0 fully saturated rings. The second kappa shape index (κ2) is 7.29. The number of nitriles is 1. The van der Waals surface area contributed by atoms with Crippen LogP contribution < -0.4 is 0 Å². The molecule has 0 aliphatic heterocycles. The Hall–Kier alpha value is -2.97. The van der Waals surface area contributed by atoms with Gasteiger partial charge in [-0.25, -0.2) is 14.1 Å². The number of allylic oxidation sites excluding steroid dienone is 1. The Kier molecular flexibility index (Phi) is 4.92. The van der Waals surface area contributed by atoms with Gasteiger partial charge in [-0.2, -0.15) is 5.26 Å². The van der Waals surface area contributed by atoms with E-state index >= 15 is 0 Å². The summed E-state index contributed by atoms with van der Waals surface area (Å²) in [5.74, 6) is 0.859. The number of hydrogen-bond acceptors (Lipinski definition) is 3. The Bertz CT molecular complexity index is 954. The molecular weight excluding hydrogens is 339 g/mol. The van der Waals surface area contributed by atoms with Crippen LogP contribution in [0.25, 0.3) is 17.1 Å². The van der Waals surface area contributed by atoms with Crippen molar-refractivity contribution in [2.75, 3.05) is 0 Å². The molecule has 6 heteroatoms. The highest BCUT2D eigenvalue weighted by Crippen LogP contribution is 2.21. The SMILES string of the molecule is C=C(Cl)CCc1nc(-c2ccc(F)cc2)nn1-c1cccc(C#N)c1. The molecule has 0 N–H and O–H groups in total. The summed E-state index contributed by atoms with van der Waals surface area (Å²) in [7, 11) is 0. The molecule has 25 heavy (non-hydrogen) atoms. The fraction of sp³-hybridized carbons (Fsp3) is 0.105. The van der Waals surface area contributed by atoms with E-state index in [1.807, 2.05) is 6.07 Å². The largest absolute Gasteiger partial charge is 0.217 e. The van der Waals surface area contributed by atoms with Crippen LogP contribution >= 0.6 is 11.6 Å². The Morgan fingerprint density at radius 1 is 1.24 bits per heavy atom. The first-order valence-corrected chi connectivity index (χ1v) is 8.00. The minimum atomic E-state index is -0.316. The van der Waals surface area contributed by atoms with Gasteiger partial charge in [0, 0.05) is 17.0 Å². The average molecular weight is 353 g/mol. The average Bonchev–Trinajstić information content (AvgIpc) is 3.05. The van der Waals surface area contributed by atoms with Crippen molar-refractivity contribution in [1.82, 2.24) is 14.8 Å². The van der Waals surface area contributed by atoms with Crippen LogP contribution in [0.4, 0.5) is 4.39 Å². The van der Waals surface area contributed by atoms with Crippen molar-refractivity contribution in [3.05, 3.63) is 77.3 Å². The summed E-state index contributed by atoms with van der Waals surface area (Å²) >= 11 is 5.88. The molecule has 1 aromatic heterocycles. The van der Waals surface area contributed by atoms with Crippen LogP contribution in [0.15, 0.2) is 60.1 Å². The van der Waals surface area contributed by atoms with E-state index in [9.17, 15) is 4.39 Å². The van der Waals surface area contributed by atoms with Gasteiger partial charge in [-0.05, 0) is 48.9 Å². The van der Waals surface area contributed by atoms with E-state index in [-0.39, 0.29) is 5.82 Å². The van der Waals surface area contributed by atoms with Gasteiger partial charge in [0.15, 0.2) is 5.82 Å². The first kappa shape index (κ1) is 16.9. The lowest BCUT2D eigenvalue weighted by molar-refractivity contribution is 0.628. The molecule has 0 aliphatic carbocycles. The molecule has 4 nitrogen and oxygen atoms in total. The Morgan fingerprint density at radius 3 is 2.68 bits per heavy atom. The standard InChI is InChI=1S/C19H14ClFN4/c1-13(20)5-10-18-23-19(15-6-8-16(21)9-7-15)24-25(18)17-4-2-3-14(11-17)12-22/h2-4,6-9,11H,1,5,10H2. The maximum atomic E-state index is 13.1. The zero-order valence-corrected chi connectivity index (χ0v) is 14.0. The molecule has 3 rings (SSSR count). The number of nitrogens with zero attached hydrogens (tertiary/aromatic N) is 4. The number of aryl methyl sites for hydroxylation is 1. The van der Waals surface area contributed by atoms with Crippen LogP contribution in [0.1, 0.15) is 17.8 Å². The molecule has 0 aliphatic rings. The van der Waals surface area contributed by atoms with Crippen LogP contribution in [0.3, 0.4) is 0 Å². The third-order valence-corrected chi connectivity index (χ3v) is 3.81. The molecule has 0 radical (unpaired) electrons.